The molecule has 0 radical (unpaired) electrons. The Morgan fingerprint density at radius 2 is 2.29 bits per heavy atom. The lowest BCUT2D eigenvalue weighted by Crippen LogP contribution is -2.20. The maximum atomic E-state index is 5.74. The molecule has 0 aliphatic carbocycles. The van der Waals surface area contributed by atoms with Crippen LogP contribution in [-0.2, 0) is 18.8 Å². The molecule has 0 N–H and O–H groups in total. The molecule has 0 spiro atoms. The van der Waals surface area contributed by atoms with E-state index in [9.17, 15) is 0 Å². The van der Waals surface area contributed by atoms with Crippen molar-refractivity contribution in [2.75, 3.05) is 13.6 Å². The van der Waals surface area contributed by atoms with E-state index in [4.69, 9.17) is 11.6 Å². The van der Waals surface area contributed by atoms with Crippen LogP contribution < -0.4 is 0 Å². The number of thiophene rings is 1. The zero-order valence-electron chi connectivity index (χ0n) is 9.73. The second kappa shape index (κ2) is 6.50. The molecule has 2 nitrogen and oxygen atoms in total. The van der Waals surface area contributed by atoms with Crippen molar-refractivity contribution < 1.29 is 0 Å². The van der Waals surface area contributed by atoms with Gasteiger partial charge in [0.2, 0.25) is 0 Å². The summed E-state index contributed by atoms with van der Waals surface area (Å²) in [5, 5.41) is 5.31. The molecule has 2 aromatic heterocycles. The Kier molecular flexibility index (Phi) is 4.98. The lowest BCUT2D eigenvalue weighted by molar-refractivity contribution is 0.331. The number of rotatable bonds is 6. The highest BCUT2D eigenvalue weighted by Gasteiger charge is 2.05. The van der Waals surface area contributed by atoms with Crippen molar-refractivity contribution in [3.8, 4) is 0 Å². The fourth-order valence-corrected chi connectivity index (χ4v) is 3.35. The molecular weight excluding hydrogens is 272 g/mol. The second-order valence-electron chi connectivity index (χ2n) is 3.93. The highest BCUT2D eigenvalue weighted by molar-refractivity contribution is 7.10. The van der Waals surface area contributed by atoms with E-state index in [0.717, 1.165) is 30.2 Å². The standard InChI is InChI=1S/C12H15ClN2S2/c1-15(5-4-11-3-2-6-16-11)8-12-14-10(7-13)9-17-12/h2-3,6,9H,4-5,7-8H2,1H3. The fourth-order valence-electron chi connectivity index (χ4n) is 1.55. The van der Waals surface area contributed by atoms with Crippen molar-refractivity contribution in [1.29, 1.82) is 0 Å². The molecule has 0 amide bonds. The average Bonchev–Trinajstić information content (AvgIpc) is 2.97. The predicted molar refractivity (Wildman–Crippen MR) is 76.0 cm³/mol. The summed E-state index contributed by atoms with van der Waals surface area (Å²) < 4.78 is 0. The minimum Gasteiger partial charge on any atom is -0.299 e. The third-order valence-electron chi connectivity index (χ3n) is 2.46. The van der Waals surface area contributed by atoms with Crippen molar-refractivity contribution >= 4 is 34.3 Å². The molecule has 17 heavy (non-hydrogen) atoms. The molecule has 0 atom stereocenters. The Balaban J connectivity index is 1.78. The maximum Gasteiger partial charge on any atom is 0.107 e. The number of hydrogen-bond donors (Lipinski definition) is 0. The van der Waals surface area contributed by atoms with Gasteiger partial charge < -0.3 is 0 Å². The first-order chi connectivity index (χ1) is 8.28. The minimum absolute atomic E-state index is 0.509. The monoisotopic (exact) mass is 286 g/mol. The molecule has 0 saturated carbocycles. The van der Waals surface area contributed by atoms with Crippen LogP contribution in [-0.4, -0.2) is 23.5 Å². The van der Waals surface area contributed by atoms with Crippen LogP contribution in [0.5, 0.6) is 0 Å². The Morgan fingerprint density at radius 1 is 1.41 bits per heavy atom. The first kappa shape index (κ1) is 13.0. The van der Waals surface area contributed by atoms with Crippen LogP contribution >= 0.6 is 34.3 Å². The highest BCUT2D eigenvalue weighted by Crippen LogP contribution is 2.14. The quantitative estimate of drug-likeness (QED) is 0.754. The van der Waals surface area contributed by atoms with Gasteiger partial charge in [-0.25, -0.2) is 4.98 Å². The SMILES string of the molecule is CN(CCc1cccs1)Cc1nc(CCl)cs1. The van der Waals surface area contributed by atoms with Crippen molar-refractivity contribution in [2.45, 2.75) is 18.8 Å². The molecular formula is C12H15ClN2S2. The zero-order chi connectivity index (χ0) is 12.1. The summed E-state index contributed by atoms with van der Waals surface area (Å²) in [6, 6.07) is 4.29. The molecule has 0 unspecified atom stereocenters. The first-order valence-corrected chi connectivity index (χ1v) is 7.77. The maximum absolute atomic E-state index is 5.74. The number of aromatic nitrogens is 1. The van der Waals surface area contributed by atoms with Gasteiger partial charge in [-0.2, -0.15) is 0 Å². The topological polar surface area (TPSA) is 16.1 Å². The normalized spacial score (nSPS) is 11.2. The molecule has 92 valence electrons. The van der Waals surface area contributed by atoms with E-state index in [0.29, 0.717) is 5.88 Å². The molecule has 5 heteroatoms. The number of alkyl halides is 1. The molecule has 0 bridgehead atoms. The summed E-state index contributed by atoms with van der Waals surface area (Å²) in [5.41, 5.74) is 0.985. The number of thiazole rings is 1. The van der Waals surface area contributed by atoms with Crippen LogP contribution in [0.1, 0.15) is 15.6 Å². The van der Waals surface area contributed by atoms with Crippen molar-refractivity contribution in [3.05, 3.63) is 38.5 Å². The van der Waals surface area contributed by atoms with Crippen LogP contribution in [0, 0.1) is 0 Å². The highest BCUT2D eigenvalue weighted by atomic mass is 35.5. The van der Waals surface area contributed by atoms with Gasteiger partial charge in [0.15, 0.2) is 0 Å². The van der Waals surface area contributed by atoms with Crippen molar-refractivity contribution in [3.63, 3.8) is 0 Å². The fraction of sp³-hybridized carbons (Fsp3) is 0.417. The third kappa shape index (κ3) is 4.07. The number of likely N-dealkylation sites (N-methyl/N-ethyl adjacent to an activating group) is 1. The Morgan fingerprint density at radius 3 is 2.94 bits per heavy atom. The van der Waals surface area contributed by atoms with E-state index < -0.39 is 0 Å². The van der Waals surface area contributed by atoms with E-state index in [-0.39, 0.29) is 0 Å². The summed E-state index contributed by atoms with van der Waals surface area (Å²) >= 11 is 9.25. The second-order valence-corrected chi connectivity index (χ2v) is 6.18. The lowest BCUT2D eigenvalue weighted by Gasteiger charge is -2.13. The van der Waals surface area contributed by atoms with Gasteiger partial charge in [0.25, 0.3) is 0 Å². The molecule has 2 aromatic rings. The summed E-state index contributed by atoms with van der Waals surface area (Å²) in [6.45, 7) is 1.98. The van der Waals surface area contributed by atoms with Gasteiger partial charge in [0.05, 0.1) is 18.1 Å². The third-order valence-corrected chi connectivity index (χ3v) is 4.55. The van der Waals surface area contributed by atoms with Crippen LogP contribution in [0.3, 0.4) is 0 Å². The van der Waals surface area contributed by atoms with Crippen LogP contribution in [0.25, 0.3) is 0 Å². The van der Waals surface area contributed by atoms with E-state index in [1.165, 1.54) is 4.88 Å². The molecule has 0 fully saturated rings. The Hall–Kier alpha value is -0.420. The summed E-state index contributed by atoms with van der Waals surface area (Å²) in [7, 11) is 2.13. The van der Waals surface area contributed by atoms with E-state index in [1.807, 2.05) is 16.7 Å². The zero-order valence-corrected chi connectivity index (χ0v) is 12.1. The molecule has 0 aliphatic rings. The summed E-state index contributed by atoms with van der Waals surface area (Å²) in [4.78, 5) is 8.21. The van der Waals surface area contributed by atoms with Gasteiger partial charge in [0, 0.05) is 16.8 Å². The van der Waals surface area contributed by atoms with Crippen molar-refractivity contribution in [2.24, 2.45) is 0 Å². The molecule has 2 heterocycles. The summed E-state index contributed by atoms with van der Waals surface area (Å²) in [5.74, 6) is 0.509. The van der Waals surface area contributed by atoms with E-state index >= 15 is 0 Å². The molecule has 0 aromatic carbocycles. The number of hydrogen-bond acceptors (Lipinski definition) is 4. The first-order valence-electron chi connectivity index (χ1n) is 5.48. The smallest absolute Gasteiger partial charge is 0.107 e. The van der Waals surface area contributed by atoms with E-state index in [2.05, 4.69) is 34.4 Å². The summed E-state index contributed by atoms with van der Waals surface area (Å²) in [6.07, 6.45) is 1.11. The Bertz CT molecular complexity index is 439. The van der Waals surface area contributed by atoms with Crippen molar-refractivity contribution in [1.82, 2.24) is 9.88 Å². The van der Waals surface area contributed by atoms with Gasteiger partial charge >= 0.3 is 0 Å². The van der Waals surface area contributed by atoms with E-state index in [1.54, 1.807) is 11.3 Å². The lowest BCUT2D eigenvalue weighted by atomic mass is 10.3. The Labute approximate surface area is 115 Å². The average molecular weight is 287 g/mol. The van der Waals surface area contributed by atoms with Gasteiger partial charge in [-0.3, -0.25) is 4.90 Å². The van der Waals surface area contributed by atoms with Crippen LogP contribution in [0.15, 0.2) is 22.9 Å². The van der Waals surface area contributed by atoms with Gasteiger partial charge in [-0.1, -0.05) is 6.07 Å². The number of nitrogens with zero attached hydrogens (tertiary/aromatic N) is 2. The minimum atomic E-state index is 0.509. The van der Waals surface area contributed by atoms with Crippen LogP contribution in [0.4, 0.5) is 0 Å². The molecule has 0 aliphatic heterocycles. The largest absolute Gasteiger partial charge is 0.299 e. The number of halogens is 1. The molecule has 0 saturated heterocycles. The molecule has 2 rings (SSSR count). The van der Waals surface area contributed by atoms with Gasteiger partial charge in [-0.05, 0) is 24.9 Å². The predicted octanol–water partition coefficient (Wildman–Crippen LogP) is 3.62. The van der Waals surface area contributed by atoms with Gasteiger partial charge in [0.1, 0.15) is 5.01 Å². The van der Waals surface area contributed by atoms with Crippen LogP contribution in [0.2, 0.25) is 0 Å². The van der Waals surface area contributed by atoms with Gasteiger partial charge in [-0.15, -0.1) is 34.3 Å².